The Morgan fingerprint density at radius 3 is 2.41 bits per heavy atom. The van der Waals surface area contributed by atoms with Crippen molar-refractivity contribution in [1.29, 1.82) is 0 Å². The van der Waals surface area contributed by atoms with Gasteiger partial charge in [-0.15, -0.1) is 24.0 Å². The van der Waals surface area contributed by atoms with Crippen molar-refractivity contribution in [3.63, 3.8) is 0 Å². The van der Waals surface area contributed by atoms with Gasteiger partial charge in [-0.1, -0.05) is 26.0 Å². The molecule has 0 bridgehead atoms. The number of aliphatic imine (C=N–C) groups is 1. The molecule has 0 amide bonds. The Morgan fingerprint density at radius 2 is 1.85 bits per heavy atom. The molecule has 1 aromatic rings. The van der Waals surface area contributed by atoms with E-state index in [4.69, 9.17) is 14.5 Å². The first-order valence-electron chi connectivity index (χ1n) is 9.84. The van der Waals surface area contributed by atoms with Crippen LogP contribution in [0.2, 0.25) is 0 Å². The van der Waals surface area contributed by atoms with Crippen LogP contribution in [0.4, 0.5) is 0 Å². The Kier molecular flexibility index (Phi) is 11.1. The topological polar surface area (TPSA) is 54.9 Å². The van der Waals surface area contributed by atoms with Gasteiger partial charge in [0.25, 0.3) is 0 Å². The number of benzene rings is 1. The zero-order valence-corrected chi connectivity index (χ0v) is 19.5. The Bertz CT molecular complexity index is 555. The second-order valence-corrected chi connectivity index (χ2v) is 7.43. The van der Waals surface area contributed by atoms with Crippen LogP contribution in [0.5, 0.6) is 5.75 Å². The molecule has 6 heteroatoms. The van der Waals surface area contributed by atoms with Crippen LogP contribution < -0.4 is 15.4 Å². The molecule has 1 aliphatic rings. The van der Waals surface area contributed by atoms with Gasteiger partial charge < -0.3 is 20.1 Å². The largest absolute Gasteiger partial charge is 0.497 e. The number of ether oxygens (including phenoxy) is 2. The number of hydrogen-bond donors (Lipinski definition) is 2. The minimum absolute atomic E-state index is 0. The van der Waals surface area contributed by atoms with Crippen LogP contribution >= 0.6 is 24.0 Å². The second kappa shape index (κ2) is 12.4. The Balaban J connectivity index is 0.00000364. The molecule has 0 atom stereocenters. The first kappa shape index (κ1) is 24.0. The van der Waals surface area contributed by atoms with Crippen molar-refractivity contribution in [3.05, 3.63) is 29.8 Å². The molecular formula is C21H36IN3O2. The van der Waals surface area contributed by atoms with E-state index in [0.717, 1.165) is 63.8 Å². The van der Waals surface area contributed by atoms with Crippen LogP contribution in [0.25, 0.3) is 0 Å². The zero-order valence-electron chi connectivity index (χ0n) is 17.2. The average Bonchev–Trinajstić information content (AvgIpc) is 2.66. The Morgan fingerprint density at radius 1 is 1.19 bits per heavy atom. The molecule has 0 unspecified atom stereocenters. The van der Waals surface area contributed by atoms with Crippen molar-refractivity contribution in [2.45, 2.75) is 45.4 Å². The van der Waals surface area contributed by atoms with Gasteiger partial charge in [0.15, 0.2) is 5.96 Å². The predicted octanol–water partition coefficient (Wildman–Crippen LogP) is 3.96. The molecule has 27 heavy (non-hydrogen) atoms. The third kappa shape index (κ3) is 7.49. The SMILES string of the molecule is CCNC(=NCC1(c2ccc(OC)cc2)CCOCC1)NCCC(C)C.I. The van der Waals surface area contributed by atoms with E-state index < -0.39 is 0 Å². The van der Waals surface area contributed by atoms with E-state index in [2.05, 4.69) is 43.5 Å². The fraction of sp³-hybridized carbons (Fsp3) is 0.667. The maximum absolute atomic E-state index is 5.63. The molecule has 1 aliphatic heterocycles. The number of hydrogen-bond acceptors (Lipinski definition) is 3. The lowest BCUT2D eigenvalue weighted by atomic mass is 9.74. The van der Waals surface area contributed by atoms with E-state index in [1.165, 1.54) is 5.56 Å². The summed E-state index contributed by atoms with van der Waals surface area (Å²) in [7, 11) is 1.70. The van der Waals surface area contributed by atoms with Crippen molar-refractivity contribution in [2.75, 3.05) is 40.0 Å². The van der Waals surface area contributed by atoms with E-state index in [1.807, 2.05) is 12.1 Å². The summed E-state index contributed by atoms with van der Waals surface area (Å²) < 4.78 is 10.9. The monoisotopic (exact) mass is 489 g/mol. The van der Waals surface area contributed by atoms with Crippen LogP contribution in [0.1, 0.15) is 45.6 Å². The fourth-order valence-corrected chi connectivity index (χ4v) is 3.30. The van der Waals surface area contributed by atoms with Crippen molar-refractivity contribution in [2.24, 2.45) is 10.9 Å². The fourth-order valence-electron chi connectivity index (χ4n) is 3.30. The summed E-state index contributed by atoms with van der Waals surface area (Å²) in [6.07, 6.45) is 3.13. The Labute approximate surface area is 181 Å². The van der Waals surface area contributed by atoms with Crippen LogP contribution in [0.15, 0.2) is 29.3 Å². The predicted molar refractivity (Wildman–Crippen MR) is 124 cm³/mol. The third-order valence-electron chi connectivity index (χ3n) is 5.05. The molecule has 5 nitrogen and oxygen atoms in total. The van der Waals surface area contributed by atoms with Crippen LogP contribution in [0.3, 0.4) is 0 Å². The van der Waals surface area contributed by atoms with Crippen molar-refractivity contribution in [3.8, 4) is 5.75 Å². The number of guanidine groups is 1. The van der Waals surface area contributed by atoms with Gasteiger partial charge in [0.05, 0.1) is 13.7 Å². The average molecular weight is 489 g/mol. The quantitative estimate of drug-likeness (QED) is 0.330. The summed E-state index contributed by atoms with van der Waals surface area (Å²) >= 11 is 0. The van der Waals surface area contributed by atoms with Crippen molar-refractivity contribution in [1.82, 2.24) is 10.6 Å². The number of nitrogens with one attached hydrogen (secondary N) is 2. The molecular weight excluding hydrogens is 453 g/mol. The van der Waals surface area contributed by atoms with Crippen LogP contribution in [0, 0.1) is 5.92 Å². The van der Waals surface area contributed by atoms with E-state index in [9.17, 15) is 0 Å². The number of halogens is 1. The lowest BCUT2D eigenvalue weighted by molar-refractivity contribution is 0.0531. The van der Waals surface area contributed by atoms with Gasteiger partial charge in [0, 0.05) is 31.7 Å². The number of rotatable bonds is 8. The molecule has 0 aliphatic carbocycles. The summed E-state index contributed by atoms with van der Waals surface area (Å²) in [5, 5.41) is 6.84. The maximum Gasteiger partial charge on any atom is 0.191 e. The summed E-state index contributed by atoms with van der Waals surface area (Å²) in [6, 6.07) is 8.45. The van der Waals surface area contributed by atoms with Gasteiger partial charge in [-0.2, -0.15) is 0 Å². The minimum atomic E-state index is 0. The highest BCUT2D eigenvalue weighted by molar-refractivity contribution is 14.0. The molecule has 2 rings (SSSR count). The van der Waals surface area contributed by atoms with Gasteiger partial charge in [-0.05, 0) is 49.8 Å². The van der Waals surface area contributed by atoms with Gasteiger partial charge in [0.2, 0.25) is 0 Å². The van der Waals surface area contributed by atoms with E-state index >= 15 is 0 Å². The number of nitrogens with zero attached hydrogens (tertiary/aromatic N) is 1. The van der Waals surface area contributed by atoms with Crippen molar-refractivity contribution >= 4 is 29.9 Å². The van der Waals surface area contributed by atoms with E-state index in [0.29, 0.717) is 5.92 Å². The molecule has 0 spiro atoms. The molecule has 2 N–H and O–H groups in total. The van der Waals surface area contributed by atoms with Gasteiger partial charge in [-0.3, -0.25) is 4.99 Å². The molecule has 0 saturated carbocycles. The summed E-state index contributed by atoms with van der Waals surface area (Å²) in [5.41, 5.74) is 1.36. The second-order valence-electron chi connectivity index (χ2n) is 7.43. The highest BCUT2D eigenvalue weighted by Crippen LogP contribution is 2.36. The molecule has 1 saturated heterocycles. The normalized spacial score (nSPS) is 16.6. The minimum Gasteiger partial charge on any atom is -0.497 e. The maximum atomic E-state index is 5.63. The zero-order chi connectivity index (χ0) is 18.8. The van der Waals surface area contributed by atoms with Crippen molar-refractivity contribution < 1.29 is 9.47 Å². The number of methoxy groups -OCH3 is 1. The van der Waals surface area contributed by atoms with Gasteiger partial charge >= 0.3 is 0 Å². The summed E-state index contributed by atoms with van der Waals surface area (Å²) in [4.78, 5) is 4.93. The first-order chi connectivity index (χ1) is 12.6. The highest BCUT2D eigenvalue weighted by Gasteiger charge is 2.34. The first-order valence-corrected chi connectivity index (χ1v) is 9.84. The summed E-state index contributed by atoms with van der Waals surface area (Å²) in [6.45, 7) is 10.7. The Hall–Kier alpha value is -1.02. The molecule has 1 aromatic carbocycles. The standard InChI is InChI=1S/C21H35N3O2.HI/c1-5-22-20(23-13-10-17(2)3)24-16-21(11-14-26-15-12-21)18-6-8-19(25-4)9-7-18;/h6-9,17H,5,10-16H2,1-4H3,(H2,22,23,24);1H. The molecule has 0 radical (unpaired) electrons. The smallest absolute Gasteiger partial charge is 0.191 e. The van der Waals surface area contributed by atoms with Crippen LogP contribution in [-0.2, 0) is 10.2 Å². The van der Waals surface area contributed by atoms with Gasteiger partial charge in [-0.25, -0.2) is 0 Å². The summed E-state index contributed by atoms with van der Waals surface area (Å²) in [5.74, 6) is 2.49. The third-order valence-corrected chi connectivity index (χ3v) is 5.05. The lowest BCUT2D eigenvalue weighted by Crippen LogP contribution is -2.41. The highest BCUT2D eigenvalue weighted by atomic mass is 127. The van der Waals surface area contributed by atoms with E-state index in [1.54, 1.807) is 7.11 Å². The van der Waals surface area contributed by atoms with E-state index in [-0.39, 0.29) is 29.4 Å². The molecule has 0 aromatic heterocycles. The van der Waals surface area contributed by atoms with Crippen LogP contribution in [-0.4, -0.2) is 45.9 Å². The molecule has 154 valence electrons. The van der Waals surface area contributed by atoms with Gasteiger partial charge in [0.1, 0.15) is 5.75 Å². The molecule has 1 heterocycles. The molecule has 1 fully saturated rings. The lowest BCUT2D eigenvalue weighted by Gasteiger charge is -2.36.